The van der Waals surface area contributed by atoms with E-state index in [9.17, 15) is 18.0 Å². The lowest BCUT2D eigenvalue weighted by atomic mass is 9.98. The van der Waals surface area contributed by atoms with E-state index < -0.39 is 30.8 Å². The molecule has 2 atom stereocenters. The lowest BCUT2D eigenvalue weighted by Gasteiger charge is -2.22. The van der Waals surface area contributed by atoms with E-state index in [4.69, 9.17) is 9.47 Å². The van der Waals surface area contributed by atoms with Crippen LogP contribution in [0.3, 0.4) is 0 Å². The number of ether oxygens (including phenoxy) is 3. The third-order valence-corrected chi connectivity index (χ3v) is 4.30. The first kappa shape index (κ1) is 22.5. The van der Waals surface area contributed by atoms with Crippen molar-refractivity contribution in [3.8, 4) is 11.5 Å². The van der Waals surface area contributed by atoms with Crippen molar-refractivity contribution in [3.63, 3.8) is 0 Å². The zero-order valence-electron chi connectivity index (χ0n) is 16.5. The van der Waals surface area contributed by atoms with Crippen LogP contribution in [-0.2, 0) is 16.0 Å². The molecule has 0 spiro atoms. The van der Waals surface area contributed by atoms with Gasteiger partial charge in [0.15, 0.2) is 0 Å². The van der Waals surface area contributed by atoms with Crippen LogP contribution in [0, 0.1) is 0 Å². The van der Waals surface area contributed by atoms with Gasteiger partial charge in [-0.3, -0.25) is 4.79 Å². The van der Waals surface area contributed by atoms with Crippen molar-refractivity contribution in [1.82, 2.24) is 5.32 Å². The van der Waals surface area contributed by atoms with Crippen LogP contribution < -0.4 is 14.8 Å². The minimum atomic E-state index is -4.49. The lowest BCUT2D eigenvalue weighted by molar-refractivity contribution is -0.185. The first-order valence-electron chi connectivity index (χ1n) is 8.97. The number of nitrogens with one attached hydrogen (secondary N) is 1. The molecule has 0 bridgehead atoms. The summed E-state index contributed by atoms with van der Waals surface area (Å²) in [7, 11) is 3.11. The number of hydrogen-bond donors (Lipinski definition) is 1. The number of hydrogen-bond acceptors (Lipinski definition) is 4. The summed E-state index contributed by atoms with van der Waals surface area (Å²) in [4.78, 5) is 12.4. The number of amides is 1. The second-order valence-electron chi connectivity index (χ2n) is 6.45. The maximum Gasteiger partial charge on any atom is 0.411 e. The third kappa shape index (κ3) is 7.30. The molecule has 0 unspecified atom stereocenters. The van der Waals surface area contributed by atoms with Gasteiger partial charge in [0.05, 0.1) is 20.3 Å². The van der Waals surface area contributed by atoms with Gasteiger partial charge in [0.25, 0.3) is 0 Å². The summed E-state index contributed by atoms with van der Waals surface area (Å²) in [5.41, 5.74) is 1.72. The third-order valence-electron chi connectivity index (χ3n) is 4.30. The van der Waals surface area contributed by atoms with E-state index in [1.165, 1.54) is 6.92 Å². The summed E-state index contributed by atoms with van der Waals surface area (Å²) >= 11 is 0. The van der Waals surface area contributed by atoms with Gasteiger partial charge in [-0.15, -0.1) is 0 Å². The second-order valence-corrected chi connectivity index (χ2v) is 6.45. The summed E-state index contributed by atoms with van der Waals surface area (Å²) in [5.74, 6) is 0.738. The van der Waals surface area contributed by atoms with Crippen LogP contribution in [0.1, 0.15) is 24.1 Å². The minimum absolute atomic E-state index is 0.439. The van der Waals surface area contributed by atoms with Gasteiger partial charge in [0, 0.05) is 0 Å². The number of rotatable bonds is 9. The fraction of sp³-hybridized carbons (Fsp3) is 0.381. The molecule has 2 aromatic carbocycles. The predicted octanol–water partition coefficient (Wildman–Crippen LogP) is 4.07. The van der Waals surface area contributed by atoms with Crippen LogP contribution in [0.4, 0.5) is 13.2 Å². The molecule has 0 saturated carbocycles. The molecular formula is C21H24F3NO4. The van der Waals surface area contributed by atoms with Gasteiger partial charge >= 0.3 is 6.18 Å². The molecule has 29 heavy (non-hydrogen) atoms. The van der Waals surface area contributed by atoms with E-state index in [1.807, 2.05) is 12.1 Å². The summed E-state index contributed by atoms with van der Waals surface area (Å²) < 4.78 is 52.0. The first-order chi connectivity index (χ1) is 13.7. The zero-order valence-corrected chi connectivity index (χ0v) is 16.5. The number of carbonyl (C=O) groups is 1. The second kappa shape index (κ2) is 10.2. The molecule has 1 amide bonds. The Labute approximate surface area is 167 Å². The van der Waals surface area contributed by atoms with E-state index in [0.29, 0.717) is 17.9 Å². The number of benzene rings is 2. The number of alkyl halides is 3. The van der Waals surface area contributed by atoms with Crippen LogP contribution in [-0.4, -0.2) is 39.0 Å². The number of methoxy groups -OCH3 is 2. The van der Waals surface area contributed by atoms with Crippen molar-refractivity contribution in [3.05, 3.63) is 59.7 Å². The summed E-state index contributed by atoms with van der Waals surface area (Å²) in [6, 6.07) is 14.0. The van der Waals surface area contributed by atoms with E-state index in [1.54, 1.807) is 50.6 Å². The van der Waals surface area contributed by atoms with Crippen LogP contribution in [0.2, 0.25) is 0 Å². The molecular weight excluding hydrogens is 387 g/mol. The Kier molecular flexibility index (Phi) is 7.90. The van der Waals surface area contributed by atoms with Crippen molar-refractivity contribution >= 4 is 5.91 Å². The van der Waals surface area contributed by atoms with Crippen LogP contribution >= 0.6 is 0 Å². The average Bonchev–Trinajstić information content (AvgIpc) is 2.71. The van der Waals surface area contributed by atoms with Crippen molar-refractivity contribution in [2.45, 2.75) is 31.7 Å². The maximum absolute atomic E-state index is 12.4. The lowest BCUT2D eigenvalue weighted by Crippen LogP contribution is -2.39. The van der Waals surface area contributed by atoms with Crippen molar-refractivity contribution in [2.24, 2.45) is 0 Å². The quantitative estimate of drug-likeness (QED) is 0.676. The Balaban J connectivity index is 2.15. The Morgan fingerprint density at radius 3 is 1.97 bits per heavy atom. The number of halogens is 3. The van der Waals surface area contributed by atoms with Gasteiger partial charge in [-0.1, -0.05) is 24.3 Å². The van der Waals surface area contributed by atoms with Gasteiger partial charge in [0.2, 0.25) is 5.91 Å². The van der Waals surface area contributed by atoms with Crippen molar-refractivity contribution < 1.29 is 32.2 Å². The molecule has 0 radical (unpaired) electrons. The van der Waals surface area contributed by atoms with E-state index in [0.717, 1.165) is 11.1 Å². The fourth-order valence-electron chi connectivity index (χ4n) is 2.67. The molecule has 1 N–H and O–H groups in total. The molecule has 0 aliphatic heterocycles. The summed E-state index contributed by atoms with van der Waals surface area (Å²) in [6.07, 6.45) is -5.30. The highest BCUT2D eigenvalue weighted by atomic mass is 19.4. The molecule has 158 valence electrons. The molecule has 2 rings (SSSR count). The first-order valence-corrected chi connectivity index (χ1v) is 8.97. The predicted molar refractivity (Wildman–Crippen MR) is 102 cm³/mol. The van der Waals surface area contributed by atoms with E-state index in [-0.39, 0.29) is 0 Å². The molecule has 0 fully saturated rings. The average molecular weight is 411 g/mol. The largest absolute Gasteiger partial charge is 0.497 e. The molecule has 0 aromatic heterocycles. The fourth-order valence-corrected chi connectivity index (χ4v) is 2.67. The molecule has 0 saturated heterocycles. The van der Waals surface area contributed by atoms with Gasteiger partial charge < -0.3 is 19.5 Å². The SMILES string of the molecule is COc1ccc(C[C@H](NC(=O)[C@@H](C)OCC(F)(F)F)c2ccc(OC)cc2)cc1. The standard InChI is InChI=1S/C21H24F3NO4/c1-14(29-13-21(22,23)24)20(26)25-19(16-6-10-18(28-3)11-7-16)12-15-4-8-17(27-2)9-5-15/h4-11,14,19H,12-13H2,1-3H3,(H,25,26)/t14-,19+/m1/s1. The van der Waals surface area contributed by atoms with Gasteiger partial charge in [-0.05, 0) is 48.7 Å². The van der Waals surface area contributed by atoms with E-state index >= 15 is 0 Å². The van der Waals surface area contributed by atoms with Gasteiger partial charge in [-0.2, -0.15) is 13.2 Å². The normalized spacial score (nSPS) is 13.4. The monoisotopic (exact) mass is 411 g/mol. The summed E-state index contributed by atoms with van der Waals surface area (Å²) in [5, 5.41) is 2.78. The Hall–Kier alpha value is -2.74. The van der Waals surface area contributed by atoms with E-state index in [2.05, 4.69) is 10.1 Å². The smallest absolute Gasteiger partial charge is 0.411 e. The topological polar surface area (TPSA) is 56.8 Å². The minimum Gasteiger partial charge on any atom is -0.497 e. The highest BCUT2D eigenvalue weighted by Crippen LogP contribution is 2.23. The molecule has 2 aromatic rings. The van der Waals surface area contributed by atoms with Gasteiger partial charge in [-0.25, -0.2) is 0 Å². The van der Waals surface area contributed by atoms with Crippen molar-refractivity contribution in [1.29, 1.82) is 0 Å². The molecule has 5 nitrogen and oxygen atoms in total. The summed E-state index contributed by atoms with van der Waals surface area (Å²) in [6.45, 7) is -0.188. The van der Waals surface area contributed by atoms with Gasteiger partial charge in [0.1, 0.15) is 24.2 Å². The van der Waals surface area contributed by atoms with Crippen LogP contribution in [0.25, 0.3) is 0 Å². The zero-order chi connectivity index (χ0) is 21.4. The Bertz CT molecular complexity index is 776. The highest BCUT2D eigenvalue weighted by molar-refractivity contribution is 5.80. The van der Waals surface area contributed by atoms with Crippen LogP contribution in [0.5, 0.6) is 11.5 Å². The molecule has 0 aliphatic carbocycles. The molecule has 0 aliphatic rings. The number of carbonyl (C=O) groups excluding carboxylic acids is 1. The highest BCUT2D eigenvalue weighted by Gasteiger charge is 2.30. The molecule has 8 heteroatoms. The Morgan fingerprint density at radius 1 is 0.966 bits per heavy atom. The maximum atomic E-state index is 12.4. The molecule has 0 heterocycles. The Morgan fingerprint density at radius 2 is 1.48 bits per heavy atom. The van der Waals surface area contributed by atoms with Crippen molar-refractivity contribution in [2.75, 3.05) is 20.8 Å². The van der Waals surface area contributed by atoms with Crippen LogP contribution in [0.15, 0.2) is 48.5 Å².